The molecule has 0 aliphatic rings. The molecule has 0 aliphatic carbocycles. The van der Waals surface area contributed by atoms with Crippen LogP contribution in [0.2, 0.25) is 0 Å². The van der Waals surface area contributed by atoms with E-state index in [1.807, 2.05) is 6.07 Å². The Balaban J connectivity index is 2.61. The molecule has 1 N–H and O–H groups in total. The summed E-state index contributed by atoms with van der Waals surface area (Å²) < 4.78 is 11.2. The Morgan fingerprint density at radius 1 is 1.40 bits per heavy atom. The van der Waals surface area contributed by atoms with E-state index in [1.165, 1.54) is 0 Å². The van der Waals surface area contributed by atoms with E-state index in [4.69, 9.17) is 9.47 Å². The van der Waals surface area contributed by atoms with Gasteiger partial charge in [0.15, 0.2) is 0 Å². The Morgan fingerprint density at radius 2 is 2.15 bits per heavy atom. The number of nitrogens with zero attached hydrogens (tertiary/aromatic N) is 1. The van der Waals surface area contributed by atoms with Crippen LogP contribution in [0.5, 0.6) is 5.88 Å². The van der Waals surface area contributed by atoms with Crippen molar-refractivity contribution in [1.82, 2.24) is 10.3 Å². The minimum Gasteiger partial charge on any atom is -0.477 e. The monoisotopic (exact) mass is 280 g/mol. The van der Waals surface area contributed by atoms with Gasteiger partial charge in [0.25, 0.3) is 0 Å². The zero-order chi connectivity index (χ0) is 15.0. The van der Waals surface area contributed by atoms with Crippen LogP contribution >= 0.6 is 0 Å². The summed E-state index contributed by atoms with van der Waals surface area (Å²) in [6, 6.07) is 4.26. The van der Waals surface area contributed by atoms with E-state index in [-0.39, 0.29) is 11.6 Å². The van der Waals surface area contributed by atoms with Gasteiger partial charge in [-0.3, -0.25) is 0 Å². The highest BCUT2D eigenvalue weighted by atomic mass is 16.5. The van der Waals surface area contributed by atoms with E-state index in [9.17, 15) is 0 Å². The number of rotatable bonds is 9. The molecule has 0 spiro atoms. The van der Waals surface area contributed by atoms with Crippen molar-refractivity contribution in [2.45, 2.75) is 52.2 Å². The Labute approximate surface area is 122 Å². The fourth-order valence-corrected chi connectivity index (χ4v) is 1.82. The van der Waals surface area contributed by atoms with Crippen LogP contribution in [0.15, 0.2) is 18.3 Å². The van der Waals surface area contributed by atoms with Crippen LogP contribution in [0.25, 0.3) is 0 Å². The van der Waals surface area contributed by atoms with Crippen LogP contribution in [0, 0.1) is 0 Å². The number of ether oxygens (including phenoxy) is 2. The van der Waals surface area contributed by atoms with Gasteiger partial charge < -0.3 is 14.8 Å². The third-order valence-corrected chi connectivity index (χ3v) is 3.46. The lowest BCUT2D eigenvalue weighted by Crippen LogP contribution is -2.26. The van der Waals surface area contributed by atoms with Gasteiger partial charge in [-0.2, -0.15) is 0 Å². The zero-order valence-electron chi connectivity index (χ0n) is 13.4. The predicted molar refractivity (Wildman–Crippen MR) is 82.1 cm³/mol. The Morgan fingerprint density at radius 3 is 2.80 bits per heavy atom. The molecule has 4 heteroatoms. The van der Waals surface area contributed by atoms with E-state index in [2.05, 4.69) is 44.1 Å². The summed E-state index contributed by atoms with van der Waals surface area (Å²) in [4.78, 5) is 4.35. The van der Waals surface area contributed by atoms with Crippen LogP contribution in [0.1, 0.15) is 52.1 Å². The lowest BCUT2D eigenvalue weighted by Gasteiger charge is -2.23. The molecule has 1 heterocycles. The van der Waals surface area contributed by atoms with Crippen LogP contribution in [0.4, 0.5) is 0 Å². The van der Waals surface area contributed by atoms with Crippen molar-refractivity contribution in [2.24, 2.45) is 0 Å². The first-order valence-electron chi connectivity index (χ1n) is 7.36. The van der Waals surface area contributed by atoms with Crippen LogP contribution < -0.4 is 10.1 Å². The number of aromatic nitrogens is 1. The molecular weight excluding hydrogens is 252 g/mol. The molecule has 0 radical (unpaired) electrons. The van der Waals surface area contributed by atoms with Gasteiger partial charge >= 0.3 is 0 Å². The third-order valence-electron chi connectivity index (χ3n) is 3.46. The van der Waals surface area contributed by atoms with Crippen molar-refractivity contribution in [2.75, 3.05) is 20.3 Å². The molecule has 20 heavy (non-hydrogen) atoms. The van der Waals surface area contributed by atoms with E-state index in [0.717, 1.165) is 30.8 Å². The van der Waals surface area contributed by atoms with E-state index in [1.54, 1.807) is 13.3 Å². The maximum absolute atomic E-state index is 5.84. The maximum Gasteiger partial charge on any atom is 0.218 e. The van der Waals surface area contributed by atoms with Crippen molar-refractivity contribution in [3.8, 4) is 5.88 Å². The smallest absolute Gasteiger partial charge is 0.218 e. The largest absolute Gasteiger partial charge is 0.477 e. The van der Waals surface area contributed by atoms with Crippen molar-refractivity contribution in [3.05, 3.63) is 23.9 Å². The minimum absolute atomic E-state index is 0.166. The molecule has 1 aromatic heterocycles. The van der Waals surface area contributed by atoms with Crippen LogP contribution in [-0.4, -0.2) is 30.8 Å². The highest BCUT2D eigenvalue weighted by molar-refractivity contribution is 5.28. The van der Waals surface area contributed by atoms with Crippen molar-refractivity contribution in [1.29, 1.82) is 0 Å². The lowest BCUT2D eigenvalue weighted by molar-refractivity contribution is 0.00496. The highest BCUT2D eigenvalue weighted by Gasteiger charge is 2.17. The molecule has 4 nitrogen and oxygen atoms in total. The summed E-state index contributed by atoms with van der Waals surface area (Å²) in [5, 5.41) is 3.46. The average molecular weight is 280 g/mol. The first-order chi connectivity index (χ1) is 9.50. The molecule has 0 fully saturated rings. The summed E-state index contributed by atoms with van der Waals surface area (Å²) in [6.45, 7) is 10.0. The van der Waals surface area contributed by atoms with Crippen molar-refractivity contribution >= 4 is 0 Å². The summed E-state index contributed by atoms with van der Waals surface area (Å²) in [5.74, 6) is 0.718. The van der Waals surface area contributed by atoms with Gasteiger partial charge in [-0.15, -0.1) is 0 Å². The molecule has 0 amide bonds. The van der Waals surface area contributed by atoms with Gasteiger partial charge in [0.05, 0.1) is 12.2 Å². The first-order valence-corrected chi connectivity index (χ1v) is 7.36. The van der Waals surface area contributed by atoms with Crippen molar-refractivity contribution in [3.63, 3.8) is 0 Å². The molecule has 1 unspecified atom stereocenters. The minimum atomic E-state index is -0.166. The van der Waals surface area contributed by atoms with E-state index >= 15 is 0 Å². The fourth-order valence-electron chi connectivity index (χ4n) is 1.82. The predicted octanol–water partition coefficient (Wildman–Crippen LogP) is 3.34. The van der Waals surface area contributed by atoms with Gasteiger partial charge in [-0.25, -0.2) is 4.98 Å². The molecule has 0 saturated carbocycles. The Hall–Kier alpha value is -1.13. The summed E-state index contributed by atoms with van der Waals surface area (Å²) >= 11 is 0. The van der Waals surface area contributed by atoms with Crippen LogP contribution in [-0.2, 0) is 4.74 Å². The zero-order valence-corrected chi connectivity index (χ0v) is 13.4. The Kier molecular flexibility index (Phi) is 6.96. The average Bonchev–Trinajstić information content (AvgIpc) is 2.45. The normalized spacial score (nSPS) is 13.2. The molecule has 0 aromatic carbocycles. The standard InChI is InChI=1S/C16H28N2O2/c1-6-10-17-13(2)14-8-7-11-18-15(14)20-12-9-16(3,4)19-5/h7-8,11,13,17H,6,9-10,12H2,1-5H3. The molecule has 0 bridgehead atoms. The molecule has 0 saturated heterocycles. The number of nitrogens with one attached hydrogen (secondary N) is 1. The van der Waals surface area contributed by atoms with Gasteiger partial charge in [-0.1, -0.05) is 13.0 Å². The number of methoxy groups -OCH3 is 1. The SMILES string of the molecule is CCCNC(C)c1cccnc1OCCC(C)(C)OC. The first kappa shape index (κ1) is 16.9. The second kappa shape index (κ2) is 8.22. The molecule has 1 atom stereocenters. The molecule has 1 aromatic rings. The summed E-state index contributed by atoms with van der Waals surface area (Å²) in [6.07, 6.45) is 3.71. The van der Waals surface area contributed by atoms with Gasteiger partial charge in [0.1, 0.15) is 0 Å². The summed E-state index contributed by atoms with van der Waals surface area (Å²) in [7, 11) is 1.73. The van der Waals surface area contributed by atoms with E-state index < -0.39 is 0 Å². The number of hydrogen-bond acceptors (Lipinski definition) is 4. The summed E-state index contributed by atoms with van der Waals surface area (Å²) in [5.41, 5.74) is 0.942. The number of hydrogen-bond donors (Lipinski definition) is 1. The molecule has 1 rings (SSSR count). The van der Waals surface area contributed by atoms with E-state index in [0.29, 0.717) is 6.61 Å². The lowest BCUT2D eigenvalue weighted by atomic mass is 10.1. The van der Waals surface area contributed by atoms with Gasteiger partial charge in [-0.05, 0) is 39.8 Å². The third kappa shape index (κ3) is 5.47. The van der Waals surface area contributed by atoms with Gasteiger partial charge in [0, 0.05) is 31.3 Å². The molecular formula is C16H28N2O2. The maximum atomic E-state index is 5.84. The second-order valence-corrected chi connectivity index (χ2v) is 5.64. The van der Waals surface area contributed by atoms with Crippen LogP contribution in [0.3, 0.4) is 0 Å². The van der Waals surface area contributed by atoms with Crippen molar-refractivity contribution < 1.29 is 9.47 Å². The highest BCUT2D eigenvalue weighted by Crippen LogP contribution is 2.23. The topological polar surface area (TPSA) is 43.4 Å². The second-order valence-electron chi connectivity index (χ2n) is 5.64. The Bertz CT molecular complexity index is 394. The molecule has 114 valence electrons. The van der Waals surface area contributed by atoms with Gasteiger partial charge in [0.2, 0.25) is 5.88 Å². The fraction of sp³-hybridized carbons (Fsp3) is 0.688. The number of pyridine rings is 1. The quantitative estimate of drug-likeness (QED) is 0.753. The molecule has 0 aliphatic heterocycles.